The Morgan fingerprint density at radius 1 is 1.45 bits per heavy atom. The van der Waals surface area contributed by atoms with Crippen LogP contribution < -0.4 is 10.1 Å². The molecule has 106 valence electrons. The maximum atomic E-state index is 13.4. The minimum atomic E-state index is -0.292. The molecule has 2 heterocycles. The van der Waals surface area contributed by atoms with Crippen LogP contribution in [0.15, 0.2) is 18.2 Å². The van der Waals surface area contributed by atoms with Gasteiger partial charge in [-0.2, -0.15) is 0 Å². The van der Waals surface area contributed by atoms with Crippen LogP contribution >= 0.6 is 0 Å². The Balaban J connectivity index is 2.21. The molecule has 1 aliphatic rings. The number of methoxy groups -OCH3 is 1. The van der Waals surface area contributed by atoms with Gasteiger partial charge in [0, 0.05) is 37.7 Å². The van der Waals surface area contributed by atoms with Crippen molar-refractivity contribution in [1.82, 2.24) is 14.9 Å². The van der Waals surface area contributed by atoms with Crippen LogP contribution in [-0.2, 0) is 19.4 Å². The van der Waals surface area contributed by atoms with E-state index in [0.29, 0.717) is 5.75 Å². The molecule has 0 atom stereocenters. The van der Waals surface area contributed by atoms with Crippen LogP contribution in [0.5, 0.6) is 5.75 Å². The first kappa shape index (κ1) is 13.1. The zero-order valence-electron chi connectivity index (χ0n) is 11.7. The van der Waals surface area contributed by atoms with E-state index < -0.39 is 0 Å². The van der Waals surface area contributed by atoms with E-state index in [0.717, 1.165) is 43.1 Å². The fraction of sp³-hybridized carbons (Fsp3) is 0.400. The molecule has 0 fully saturated rings. The SMILES string of the molecule is CCc1nc2c(n1-c1ccc(F)cc1OC)CCNC2. The van der Waals surface area contributed by atoms with E-state index in [4.69, 9.17) is 9.72 Å². The highest BCUT2D eigenvalue weighted by molar-refractivity contribution is 5.50. The first-order valence-electron chi connectivity index (χ1n) is 6.88. The number of aromatic nitrogens is 2. The van der Waals surface area contributed by atoms with Crippen LogP contribution in [0.1, 0.15) is 24.1 Å². The normalized spacial score (nSPS) is 14.2. The Morgan fingerprint density at radius 2 is 2.30 bits per heavy atom. The maximum Gasteiger partial charge on any atom is 0.145 e. The second kappa shape index (κ2) is 5.25. The minimum Gasteiger partial charge on any atom is -0.494 e. The van der Waals surface area contributed by atoms with Crippen LogP contribution in [0.4, 0.5) is 4.39 Å². The number of benzene rings is 1. The number of fused-ring (bicyclic) bond motifs is 1. The van der Waals surface area contributed by atoms with Crippen LogP contribution in [0.2, 0.25) is 0 Å². The second-order valence-corrected chi connectivity index (χ2v) is 4.85. The van der Waals surface area contributed by atoms with Crippen molar-refractivity contribution in [2.75, 3.05) is 13.7 Å². The smallest absolute Gasteiger partial charge is 0.145 e. The quantitative estimate of drug-likeness (QED) is 0.933. The lowest BCUT2D eigenvalue weighted by atomic mass is 10.1. The van der Waals surface area contributed by atoms with Gasteiger partial charge in [-0.3, -0.25) is 4.57 Å². The van der Waals surface area contributed by atoms with Gasteiger partial charge in [-0.1, -0.05) is 6.92 Å². The molecular formula is C15H18FN3O. The van der Waals surface area contributed by atoms with Crippen molar-refractivity contribution >= 4 is 0 Å². The summed E-state index contributed by atoms with van der Waals surface area (Å²) in [4.78, 5) is 4.69. The Bertz CT molecular complexity index is 636. The Kier molecular flexibility index (Phi) is 3.44. The number of nitrogens with one attached hydrogen (secondary N) is 1. The summed E-state index contributed by atoms with van der Waals surface area (Å²) in [5, 5.41) is 3.33. The van der Waals surface area contributed by atoms with Crippen molar-refractivity contribution in [2.24, 2.45) is 0 Å². The van der Waals surface area contributed by atoms with Gasteiger partial charge in [0.15, 0.2) is 0 Å². The molecule has 0 amide bonds. The van der Waals surface area contributed by atoms with Crippen molar-refractivity contribution in [3.8, 4) is 11.4 Å². The van der Waals surface area contributed by atoms with Gasteiger partial charge in [0.05, 0.1) is 18.5 Å². The van der Waals surface area contributed by atoms with Gasteiger partial charge in [-0.25, -0.2) is 9.37 Å². The van der Waals surface area contributed by atoms with Crippen molar-refractivity contribution in [3.05, 3.63) is 41.2 Å². The lowest BCUT2D eigenvalue weighted by molar-refractivity contribution is 0.408. The van der Waals surface area contributed by atoms with E-state index in [1.54, 1.807) is 13.2 Å². The molecule has 5 heteroatoms. The molecule has 1 aromatic heterocycles. The predicted octanol–water partition coefficient (Wildman–Crippen LogP) is 2.23. The molecule has 20 heavy (non-hydrogen) atoms. The van der Waals surface area contributed by atoms with Crippen molar-refractivity contribution in [1.29, 1.82) is 0 Å². The molecule has 1 aromatic carbocycles. The Morgan fingerprint density at radius 3 is 3.05 bits per heavy atom. The van der Waals surface area contributed by atoms with Crippen LogP contribution in [-0.4, -0.2) is 23.2 Å². The number of rotatable bonds is 3. The summed E-state index contributed by atoms with van der Waals surface area (Å²) in [5.41, 5.74) is 3.14. The Hall–Kier alpha value is -1.88. The predicted molar refractivity (Wildman–Crippen MR) is 74.9 cm³/mol. The zero-order valence-corrected chi connectivity index (χ0v) is 11.7. The van der Waals surface area contributed by atoms with Crippen LogP contribution in [0.25, 0.3) is 5.69 Å². The molecule has 0 saturated heterocycles. The number of imidazole rings is 1. The number of hydrogen-bond acceptors (Lipinski definition) is 3. The fourth-order valence-electron chi connectivity index (χ4n) is 2.72. The molecule has 1 aliphatic heterocycles. The largest absolute Gasteiger partial charge is 0.494 e. The van der Waals surface area contributed by atoms with Crippen molar-refractivity contribution in [2.45, 2.75) is 26.3 Å². The lowest BCUT2D eigenvalue weighted by Crippen LogP contribution is -2.24. The topological polar surface area (TPSA) is 39.1 Å². The lowest BCUT2D eigenvalue weighted by Gasteiger charge is -2.18. The summed E-state index contributed by atoms with van der Waals surface area (Å²) in [6.45, 7) is 3.80. The van der Waals surface area contributed by atoms with E-state index in [1.165, 1.54) is 17.8 Å². The van der Waals surface area contributed by atoms with Gasteiger partial charge < -0.3 is 10.1 Å². The van der Waals surface area contributed by atoms with Crippen LogP contribution in [0.3, 0.4) is 0 Å². The average Bonchev–Trinajstić information content (AvgIpc) is 2.85. The van der Waals surface area contributed by atoms with Gasteiger partial charge in [-0.05, 0) is 12.1 Å². The molecule has 3 rings (SSSR count). The summed E-state index contributed by atoms with van der Waals surface area (Å²) in [6.07, 6.45) is 1.75. The molecule has 0 aliphatic carbocycles. The number of halogens is 1. The molecule has 4 nitrogen and oxygen atoms in total. The second-order valence-electron chi connectivity index (χ2n) is 4.85. The molecular weight excluding hydrogens is 257 g/mol. The van der Waals surface area contributed by atoms with E-state index in [1.807, 2.05) is 0 Å². The van der Waals surface area contributed by atoms with Crippen molar-refractivity contribution < 1.29 is 9.13 Å². The van der Waals surface area contributed by atoms with E-state index in [2.05, 4.69) is 16.8 Å². The summed E-state index contributed by atoms with van der Waals surface area (Å²) < 4.78 is 20.8. The highest BCUT2D eigenvalue weighted by atomic mass is 19.1. The first-order chi connectivity index (χ1) is 9.74. The number of ether oxygens (including phenoxy) is 1. The molecule has 0 unspecified atom stereocenters. The summed E-state index contributed by atoms with van der Waals surface area (Å²) in [5.74, 6) is 1.24. The van der Waals surface area contributed by atoms with Crippen LogP contribution in [0, 0.1) is 5.82 Å². The fourth-order valence-corrected chi connectivity index (χ4v) is 2.72. The van der Waals surface area contributed by atoms with Crippen molar-refractivity contribution in [3.63, 3.8) is 0 Å². The first-order valence-corrected chi connectivity index (χ1v) is 6.88. The molecule has 0 bridgehead atoms. The van der Waals surface area contributed by atoms with E-state index in [-0.39, 0.29) is 5.82 Å². The summed E-state index contributed by atoms with van der Waals surface area (Å²) in [7, 11) is 1.56. The summed E-state index contributed by atoms with van der Waals surface area (Å²) in [6, 6.07) is 4.64. The Labute approximate surface area is 117 Å². The van der Waals surface area contributed by atoms with E-state index in [9.17, 15) is 4.39 Å². The highest BCUT2D eigenvalue weighted by Gasteiger charge is 2.21. The minimum absolute atomic E-state index is 0.292. The highest BCUT2D eigenvalue weighted by Crippen LogP contribution is 2.29. The third-order valence-corrected chi connectivity index (χ3v) is 3.66. The molecule has 1 N–H and O–H groups in total. The van der Waals surface area contributed by atoms with Gasteiger partial charge >= 0.3 is 0 Å². The van der Waals surface area contributed by atoms with E-state index >= 15 is 0 Å². The van der Waals surface area contributed by atoms with Gasteiger partial charge in [0.25, 0.3) is 0 Å². The number of aryl methyl sites for hydroxylation is 1. The van der Waals surface area contributed by atoms with Gasteiger partial charge in [0.2, 0.25) is 0 Å². The molecule has 0 radical (unpaired) electrons. The van der Waals surface area contributed by atoms with Gasteiger partial charge in [0.1, 0.15) is 17.4 Å². The zero-order chi connectivity index (χ0) is 14.1. The third kappa shape index (κ3) is 2.08. The monoisotopic (exact) mass is 275 g/mol. The average molecular weight is 275 g/mol. The molecule has 0 saturated carbocycles. The number of hydrogen-bond donors (Lipinski definition) is 1. The molecule has 0 spiro atoms. The number of nitrogens with zero attached hydrogens (tertiary/aromatic N) is 2. The third-order valence-electron chi connectivity index (χ3n) is 3.66. The maximum absolute atomic E-state index is 13.4. The summed E-state index contributed by atoms with van der Waals surface area (Å²) >= 11 is 0. The van der Waals surface area contributed by atoms with Gasteiger partial charge in [-0.15, -0.1) is 0 Å². The standard InChI is InChI=1S/C15H18FN3O/c1-3-15-18-11-9-17-7-6-12(11)19(15)13-5-4-10(16)8-14(13)20-2/h4-5,8,17H,3,6-7,9H2,1-2H3. The molecule has 2 aromatic rings.